The van der Waals surface area contributed by atoms with E-state index >= 15 is 8.78 Å². The van der Waals surface area contributed by atoms with Crippen molar-refractivity contribution < 1.29 is 45.4 Å². The van der Waals surface area contributed by atoms with Crippen LogP contribution in [0.4, 0.5) is 37.7 Å². The van der Waals surface area contributed by atoms with E-state index in [0.717, 1.165) is 34.1 Å². The van der Waals surface area contributed by atoms with E-state index < -0.39 is 67.1 Å². The van der Waals surface area contributed by atoms with Gasteiger partial charge in [-0.05, 0) is 30.3 Å². The molecule has 2 fully saturated rings. The Bertz CT molecular complexity index is 1580. The smallest absolute Gasteiger partial charge is 0.340 e. The van der Waals surface area contributed by atoms with E-state index in [0.29, 0.717) is 0 Å². The molecule has 7 rings (SSSR count). The number of carbonyl (C=O) groups excluding carboxylic acids is 2. The Balaban J connectivity index is 1.46. The number of ether oxygens (including phenoxy) is 2. The molecule has 0 aromatic heterocycles. The Kier molecular flexibility index (Phi) is 4.68. The number of benzene rings is 3. The second-order valence-corrected chi connectivity index (χ2v) is 10.3. The number of hydrogen-bond acceptors (Lipinski definition) is 6. The third kappa shape index (κ3) is 3.32. The molecule has 0 aliphatic carbocycles. The summed E-state index contributed by atoms with van der Waals surface area (Å²) in [4.78, 5) is 27.3. The first-order valence-corrected chi connectivity index (χ1v) is 12.1. The zero-order valence-corrected chi connectivity index (χ0v) is 20.2. The molecule has 13 heteroatoms. The van der Waals surface area contributed by atoms with Gasteiger partial charge in [0.2, 0.25) is 5.91 Å². The van der Waals surface area contributed by atoms with Gasteiger partial charge in [0.15, 0.2) is 5.60 Å². The van der Waals surface area contributed by atoms with E-state index in [4.69, 9.17) is 15.2 Å². The summed E-state index contributed by atoms with van der Waals surface area (Å²) < 4.78 is 97.0. The number of halogens is 6. The number of esters is 1. The normalized spacial score (nSPS) is 20.5. The molecule has 3 aromatic rings. The standard InChI is InChI=1S/C27H17F6N3O4/c28-17-4-15-21(6-19(17)35-8-25(30,31)9-35)39-22-7-20(36-10-26(32,33)11-36)18(29)5-16(22)27(15)14-3-12(23(34)37)1-2-13(14)24(38)40-27/h1-7H,8-11H2,(H2,34,37). The molecule has 206 valence electrons. The van der Waals surface area contributed by atoms with Gasteiger partial charge in [-0.3, -0.25) is 4.79 Å². The minimum atomic E-state index is -3.01. The van der Waals surface area contributed by atoms with Crippen molar-refractivity contribution in [3.63, 3.8) is 0 Å². The maximum absolute atomic E-state index is 15.5. The molecule has 4 aliphatic rings. The van der Waals surface area contributed by atoms with Gasteiger partial charge in [-0.15, -0.1) is 0 Å². The van der Waals surface area contributed by atoms with Gasteiger partial charge in [0.05, 0.1) is 54.2 Å². The second-order valence-electron chi connectivity index (χ2n) is 10.3. The molecule has 0 unspecified atom stereocenters. The van der Waals surface area contributed by atoms with Gasteiger partial charge < -0.3 is 25.0 Å². The number of nitrogens with two attached hydrogens (primary N) is 1. The summed E-state index contributed by atoms with van der Waals surface area (Å²) in [5.41, 5.74) is 2.83. The molecule has 2 saturated heterocycles. The van der Waals surface area contributed by atoms with Gasteiger partial charge in [-0.2, -0.15) is 0 Å². The SMILES string of the molecule is NC(=O)c1ccc2c(c1)C1(OC2=O)c2cc(F)c(N3CC(F)(F)C3)cc2Oc2cc(N3CC(F)(F)C3)c(F)cc21. The number of hydrogen-bond donors (Lipinski definition) is 1. The topological polar surface area (TPSA) is 85.1 Å². The Labute approximate surface area is 221 Å². The molecule has 2 N–H and O–H groups in total. The minimum Gasteiger partial charge on any atom is -0.456 e. The number of alkyl halides is 4. The van der Waals surface area contributed by atoms with E-state index in [9.17, 15) is 27.2 Å². The van der Waals surface area contributed by atoms with E-state index in [-0.39, 0.29) is 50.7 Å². The fraction of sp³-hybridized carbons (Fsp3) is 0.259. The van der Waals surface area contributed by atoms with Gasteiger partial charge in [0.1, 0.15) is 23.1 Å². The van der Waals surface area contributed by atoms with Crippen LogP contribution in [0.15, 0.2) is 42.5 Å². The predicted octanol–water partition coefficient (Wildman–Crippen LogP) is 4.54. The maximum atomic E-state index is 15.5. The van der Waals surface area contributed by atoms with Crippen molar-refractivity contribution in [1.29, 1.82) is 0 Å². The highest BCUT2D eigenvalue weighted by atomic mass is 19.3. The molecule has 0 atom stereocenters. The third-order valence-corrected chi connectivity index (χ3v) is 7.60. The fourth-order valence-electron chi connectivity index (χ4n) is 5.73. The van der Waals surface area contributed by atoms with Crippen LogP contribution in [0.3, 0.4) is 0 Å². The number of primary amides is 1. The summed E-state index contributed by atoms with van der Waals surface area (Å²) in [5.74, 6) is -9.80. The number of nitrogens with zero attached hydrogens (tertiary/aromatic N) is 2. The highest BCUT2D eigenvalue weighted by Crippen LogP contribution is 2.58. The molecule has 1 spiro atoms. The van der Waals surface area contributed by atoms with Crippen molar-refractivity contribution in [3.8, 4) is 11.5 Å². The average Bonchev–Trinajstić information content (AvgIpc) is 3.14. The molecular formula is C27H17F6N3O4. The highest BCUT2D eigenvalue weighted by molar-refractivity contribution is 6.00. The monoisotopic (exact) mass is 561 g/mol. The fourth-order valence-corrected chi connectivity index (χ4v) is 5.73. The summed E-state index contributed by atoms with van der Waals surface area (Å²) in [6.07, 6.45) is 0. The van der Waals surface area contributed by atoms with E-state index in [2.05, 4.69) is 0 Å². The highest BCUT2D eigenvalue weighted by Gasteiger charge is 2.55. The zero-order valence-electron chi connectivity index (χ0n) is 20.2. The number of fused-ring (bicyclic) bond motifs is 6. The van der Waals surface area contributed by atoms with Crippen molar-refractivity contribution in [3.05, 3.63) is 81.9 Å². The van der Waals surface area contributed by atoms with Crippen LogP contribution in [0.5, 0.6) is 11.5 Å². The Morgan fingerprint density at radius 3 is 1.73 bits per heavy atom. The molecule has 3 aromatic carbocycles. The van der Waals surface area contributed by atoms with Crippen molar-refractivity contribution in [2.24, 2.45) is 5.73 Å². The van der Waals surface area contributed by atoms with Crippen LogP contribution in [0.2, 0.25) is 0 Å². The second kappa shape index (κ2) is 7.61. The maximum Gasteiger partial charge on any atom is 0.340 e. The van der Waals surface area contributed by atoms with Gasteiger partial charge in [0, 0.05) is 23.3 Å². The lowest BCUT2D eigenvalue weighted by atomic mass is 9.76. The number of rotatable bonds is 3. The van der Waals surface area contributed by atoms with E-state index in [1.54, 1.807) is 0 Å². The minimum absolute atomic E-state index is 0.0115. The summed E-state index contributed by atoms with van der Waals surface area (Å²) in [7, 11) is 0. The van der Waals surface area contributed by atoms with Crippen LogP contribution >= 0.6 is 0 Å². The van der Waals surface area contributed by atoms with Gasteiger partial charge >= 0.3 is 5.97 Å². The van der Waals surface area contributed by atoms with Crippen LogP contribution in [-0.4, -0.2) is 49.9 Å². The van der Waals surface area contributed by atoms with Crippen molar-refractivity contribution in [2.75, 3.05) is 36.0 Å². The molecule has 0 radical (unpaired) electrons. The molecule has 7 nitrogen and oxygen atoms in total. The van der Waals surface area contributed by atoms with Crippen LogP contribution in [0, 0.1) is 11.6 Å². The van der Waals surface area contributed by atoms with Crippen LogP contribution < -0.4 is 20.3 Å². The Hall–Kier alpha value is -4.42. The molecule has 40 heavy (non-hydrogen) atoms. The molecule has 0 bridgehead atoms. The quantitative estimate of drug-likeness (QED) is 0.374. The lowest BCUT2D eigenvalue weighted by Crippen LogP contribution is -2.56. The third-order valence-electron chi connectivity index (χ3n) is 7.60. The number of carbonyl (C=O) groups is 2. The lowest BCUT2D eigenvalue weighted by Gasteiger charge is -2.43. The molecular weight excluding hydrogens is 544 g/mol. The lowest BCUT2D eigenvalue weighted by molar-refractivity contribution is -0.0272. The van der Waals surface area contributed by atoms with Crippen LogP contribution in [0.1, 0.15) is 37.4 Å². The average molecular weight is 561 g/mol. The first kappa shape index (κ1) is 24.6. The first-order valence-electron chi connectivity index (χ1n) is 12.1. The summed E-state index contributed by atoms with van der Waals surface area (Å²) in [6.45, 7) is -2.93. The summed E-state index contributed by atoms with van der Waals surface area (Å²) in [5, 5.41) is 0. The van der Waals surface area contributed by atoms with E-state index in [1.165, 1.54) is 18.2 Å². The Morgan fingerprint density at radius 1 is 0.775 bits per heavy atom. The number of amides is 1. The van der Waals surface area contributed by atoms with E-state index in [1.807, 2.05) is 0 Å². The van der Waals surface area contributed by atoms with Crippen molar-refractivity contribution in [2.45, 2.75) is 17.4 Å². The largest absolute Gasteiger partial charge is 0.456 e. The summed E-state index contributed by atoms with van der Waals surface area (Å²) >= 11 is 0. The first-order chi connectivity index (χ1) is 18.8. The van der Waals surface area contributed by atoms with Crippen LogP contribution in [-0.2, 0) is 10.3 Å². The molecule has 0 saturated carbocycles. The van der Waals surface area contributed by atoms with Gasteiger partial charge in [-0.25, -0.2) is 31.1 Å². The zero-order chi connectivity index (χ0) is 28.4. The van der Waals surface area contributed by atoms with Gasteiger partial charge in [0.25, 0.3) is 11.8 Å². The molecule has 1 amide bonds. The van der Waals surface area contributed by atoms with Crippen molar-refractivity contribution in [1.82, 2.24) is 0 Å². The van der Waals surface area contributed by atoms with Crippen LogP contribution in [0.25, 0.3) is 0 Å². The Morgan fingerprint density at radius 2 is 1.27 bits per heavy atom. The van der Waals surface area contributed by atoms with Gasteiger partial charge in [-0.1, -0.05) is 0 Å². The number of anilines is 2. The molecule has 4 aliphatic heterocycles. The predicted molar refractivity (Wildman–Crippen MR) is 127 cm³/mol. The van der Waals surface area contributed by atoms with Crippen molar-refractivity contribution >= 4 is 23.3 Å². The molecule has 4 heterocycles. The summed E-state index contributed by atoms with van der Waals surface area (Å²) in [6, 6.07) is 8.08.